The molecule has 0 saturated heterocycles. The molecule has 3 aliphatic rings. The minimum absolute atomic E-state index is 0.0488. The number of fused-ring (bicyclic) bond motifs is 9. The first-order valence-electron chi connectivity index (χ1n) is 32.2. The normalized spacial score (nSPS) is 14.5. The maximum absolute atomic E-state index is 2.65. The fraction of sp³-hybridized carbons (Fsp3) is 0.259. The largest absolute Gasteiger partial charge is 0.310 e. The van der Waals surface area contributed by atoms with E-state index >= 15 is 0 Å². The van der Waals surface area contributed by atoms with E-state index in [1.165, 1.54) is 147 Å². The van der Waals surface area contributed by atoms with Crippen LogP contribution < -0.4 is 37.7 Å². The monoisotopic (exact) mass is 1170 g/mol. The summed E-state index contributed by atoms with van der Waals surface area (Å²) in [5.74, 6) is 1.91. The first-order valence-corrected chi connectivity index (χ1v) is 33.8. The number of hydrogen-bond donors (Lipinski definition) is 0. The summed E-state index contributed by atoms with van der Waals surface area (Å²) < 4.78 is 2.57. The predicted octanol–water partition coefficient (Wildman–Crippen LogP) is 18.8. The highest BCUT2D eigenvalue weighted by Gasteiger charge is 2.41. The Kier molecular flexibility index (Phi) is 14.7. The molecule has 6 heteroatoms. The van der Waals surface area contributed by atoms with Crippen molar-refractivity contribution in [3.63, 3.8) is 0 Å². The lowest BCUT2D eigenvalue weighted by Crippen LogP contribution is -2.58. The summed E-state index contributed by atoms with van der Waals surface area (Å²) in [5.41, 5.74) is 28.8. The van der Waals surface area contributed by atoms with Crippen molar-refractivity contribution in [2.45, 2.75) is 157 Å². The highest BCUT2D eigenvalue weighted by Crippen LogP contribution is 2.52. The lowest BCUT2D eigenvalue weighted by Gasteiger charge is -2.42. The Bertz CT molecular complexity index is 4360. The van der Waals surface area contributed by atoms with Crippen molar-refractivity contribution in [2.75, 3.05) is 4.90 Å². The van der Waals surface area contributed by atoms with Crippen LogP contribution in [0.4, 0.5) is 17.1 Å². The van der Waals surface area contributed by atoms with Gasteiger partial charge >= 0.3 is 0 Å². The summed E-state index contributed by atoms with van der Waals surface area (Å²) in [6.45, 7) is 31.5. The van der Waals surface area contributed by atoms with Gasteiger partial charge in [0.1, 0.15) is 0 Å². The first kappa shape index (κ1) is 57.4. The highest BCUT2D eigenvalue weighted by molar-refractivity contribution is 8.00. The van der Waals surface area contributed by atoms with Crippen molar-refractivity contribution >= 4 is 109 Å². The lowest BCUT2D eigenvalue weighted by atomic mass is 9.34. The summed E-state index contributed by atoms with van der Waals surface area (Å²) >= 11 is 3.94. The molecule has 0 N–H and O–H groups in total. The van der Waals surface area contributed by atoms with Gasteiger partial charge in [-0.1, -0.05) is 280 Å². The summed E-state index contributed by atoms with van der Waals surface area (Å²) in [4.78, 5) is 8.01. The van der Waals surface area contributed by atoms with Gasteiger partial charge in [-0.2, -0.15) is 0 Å². The van der Waals surface area contributed by atoms with Crippen LogP contribution in [0.3, 0.4) is 0 Å². The van der Waals surface area contributed by atoms with E-state index in [9.17, 15) is 0 Å². The number of aromatic nitrogens is 1. The maximum Gasteiger partial charge on any atom is 0.244 e. The number of anilines is 3. The second kappa shape index (κ2) is 22.3. The van der Waals surface area contributed by atoms with Gasteiger partial charge in [0.25, 0.3) is 0 Å². The molecule has 87 heavy (non-hydrogen) atoms. The van der Waals surface area contributed by atoms with Crippen LogP contribution in [0.15, 0.2) is 220 Å². The van der Waals surface area contributed by atoms with Gasteiger partial charge in [0.2, 0.25) is 13.4 Å². The van der Waals surface area contributed by atoms with Gasteiger partial charge < -0.3 is 9.47 Å². The molecule has 1 aromatic heterocycles. The van der Waals surface area contributed by atoms with E-state index in [4.69, 9.17) is 0 Å². The van der Waals surface area contributed by atoms with Crippen LogP contribution in [0.25, 0.3) is 27.5 Å². The van der Waals surface area contributed by atoms with Crippen LogP contribution >= 0.6 is 23.5 Å². The highest BCUT2D eigenvalue weighted by atomic mass is 32.2. The molecule has 2 nitrogen and oxygen atoms in total. The Morgan fingerprint density at radius 1 is 0.391 bits per heavy atom. The molecule has 14 rings (SSSR count). The number of rotatable bonds is 12. The fourth-order valence-corrected chi connectivity index (χ4v) is 17.7. The van der Waals surface area contributed by atoms with Gasteiger partial charge in [-0.15, -0.1) is 0 Å². The number of benzene rings is 10. The van der Waals surface area contributed by atoms with Crippen molar-refractivity contribution in [2.24, 2.45) is 0 Å². The third-order valence-corrected chi connectivity index (χ3v) is 22.3. The number of nitrogens with zero attached hydrogens (tertiary/aromatic N) is 2. The molecule has 0 bridgehead atoms. The Hall–Kier alpha value is -7.37. The zero-order valence-corrected chi connectivity index (χ0v) is 54.7. The minimum atomic E-state index is -0.136. The van der Waals surface area contributed by atoms with Crippen molar-refractivity contribution in [1.82, 2.24) is 4.57 Å². The molecule has 4 heterocycles. The van der Waals surface area contributed by atoms with Crippen LogP contribution in [0.2, 0.25) is 0 Å². The van der Waals surface area contributed by atoms with E-state index in [1.807, 2.05) is 23.5 Å². The van der Waals surface area contributed by atoms with E-state index in [0.717, 1.165) is 6.42 Å². The molecule has 0 amide bonds. The third kappa shape index (κ3) is 9.57. The molecule has 10 aromatic carbocycles. The van der Waals surface area contributed by atoms with Gasteiger partial charge in [0.05, 0.1) is 22.4 Å². The first-order chi connectivity index (χ1) is 42.0. The van der Waals surface area contributed by atoms with E-state index in [1.54, 1.807) is 0 Å². The van der Waals surface area contributed by atoms with Gasteiger partial charge in [-0.05, 0) is 159 Å². The second-order valence-electron chi connectivity index (χ2n) is 27.4. The number of para-hydroxylation sites is 4. The maximum atomic E-state index is 2.65. The Balaban J connectivity index is 0.958. The molecule has 1 unspecified atom stereocenters. The molecule has 0 saturated carbocycles. The van der Waals surface area contributed by atoms with Crippen molar-refractivity contribution in [3.05, 3.63) is 250 Å². The Morgan fingerprint density at radius 2 is 0.828 bits per heavy atom. The average molecular weight is 1170 g/mol. The van der Waals surface area contributed by atoms with E-state index < -0.39 is 0 Å². The molecule has 432 valence electrons. The molecule has 11 aromatic rings. The average Bonchev–Trinajstić information content (AvgIpc) is 1.70. The van der Waals surface area contributed by atoms with Crippen molar-refractivity contribution in [3.8, 4) is 5.69 Å². The smallest absolute Gasteiger partial charge is 0.244 e. The molecule has 1 atom stereocenters. The van der Waals surface area contributed by atoms with E-state index in [2.05, 4.69) is 300 Å². The van der Waals surface area contributed by atoms with Gasteiger partial charge in [0, 0.05) is 47.1 Å². The molecule has 0 aliphatic carbocycles. The van der Waals surface area contributed by atoms with E-state index in [-0.39, 0.29) is 36.6 Å². The Morgan fingerprint density at radius 3 is 1.36 bits per heavy atom. The molecular formula is C81H80B2N2S2. The van der Waals surface area contributed by atoms with Crippen LogP contribution in [-0.4, -0.2) is 18.0 Å². The SMILES string of the molecule is CC(C)c1cc(C(C)C)c(B2c3ccccc3Sc3c(CC(C)c4cc(C(C)C)c(B5c6ccccc6Sc6ccc(N7c8ccccc8C(C)(C)c8ccccc87)cc65)c(C(C)C)c4)cc(-n4c5ccccc5c5ccccc54)cc32)c(C(C)C)c1. The van der Waals surface area contributed by atoms with Crippen LogP contribution in [0.5, 0.6) is 0 Å². The Labute approximate surface area is 527 Å². The molecular weight excluding hydrogens is 1090 g/mol. The number of hydrogen-bond acceptors (Lipinski definition) is 3. The standard InChI is InChI=1S/C81H80B2N2S2/c1-48(2)54-42-61(49(3)4)79(62(43-54)50(5)6)83-68-31-19-25-37-76(68)87-80-56(41-58(47-70(80)83)85-71-32-20-14-26-59(71)60-27-15-21-33-72(60)85)40-53(11)55-44-63(51(7)8)78(64(45-55)52(9)10)82-67-30-18-24-36-75(67)86-77-39-38-57(46-69(77)82)84-73-34-22-16-28-65(73)81(12,13)66-29-17-23-35-74(66)84/h14-39,41-53H,40H2,1-13H3. The fourth-order valence-electron chi connectivity index (χ4n) is 15.4. The van der Waals surface area contributed by atoms with E-state index in [0.29, 0.717) is 17.8 Å². The molecule has 0 radical (unpaired) electrons. The lowest BCUT2D eigenvalue weighted by molar-refractivity contribution is 0.632. The van der Waals surface area contributed by atoms with Crippen LogP contribution in [0, 0.1) is 0 Å². The minimum Gasteiger partial charge on any atom is -0.310 e. The molecule has 0 fully saturated rings. The third-order valence-electron chi connectivity index (χ3n) is 19.8. The zero-order valence-electron chi connectivity index (χ0n) is 53.1. The zero-order chi connectivity index (χ0) is 60.3. The van der Waals surface area contributed by atoms with Crippen LogP contribution in [0.1, 0.15) is 176 Å². The second-order valence-corrected chi connectivity index (χ2v) is 29.5. The molecule has 0 spiro atoms. The van der Waals surface area contributed by atoms with Gasteiger partial charge in [0.15, 0.2) is 0 Å². The quantitative estimate of drug-likeness (QED) is 0.113. The van der Waals surface area contributed by atoms with Crippen molar-refractivity contribution < 1.29 is 0 Å². The summed E-state index contributed by atoms with van der Waals surface area (Å²) in [5, 5.41) is 2.58. The van der Waals surface area contributed by atoms with Crippen molar-refractivity contribution in [1.29, 1.82) is 0 Å². The summed E-state index contributed by atoms with van der Waals surface area (Å²) in [6, 6.07) is 77.9. The molecule has 3 aliphatic heterocycles. The van der Waals surface area contributed by atoms with Gasteiger partial charge in [-0.3, -0.25) is 0 Å². The summed E-state index contributed by atoms with van der Waals surface area (Å²) in [6.07, 6.45) is 0.897. The van der Waals surface area contributed by atoms with Crippen LogP contribution in [-0.2, 0) is 11.8 Å². The topological polar surface area (TPSA) is 8.17 Å². The van der Waals surface area contributed by atoms with Gasteiger partial charge in [-0.25, -0.2) is 0 Å². The predicted molar refractivity (Wildman–Crippen MR) is 380 cm³/mol. The summed E-state index contributed by atoms with van der Waals surface area (Å²) in [7, 11) is 0.